The second kappa shape index (κ2) is 5.56. The van der Waals surface area contributed by atoms with Crippen LogP contribution in [-0.2, 0) is 9.59 Å². The number of likely N-dealkylation sites (tertiary alicyclic amines) is 1. The minimum atomic E-state index is -0.278. The maximum Gasteiger partial charge on any atom is 0.246 e. The van der Waals surface area contributed by atoms with Crippen molar-refractivity contribution in [3.8, 4) is 0 Å². The fourth-order valence-electron chi connectivity index (χ4n) is 3.17. The van der Waals surface area contributed by atoms with Gasteiger partial charge in [0, 0.05) is 19.5 Å². The Morgan fingerprint density at radius 3 is 2.67 bits per heavy atom. The van der Waals surface area contributed by atoms with Gasteiger partial charge in [0.05, 0.1) is 6.04 Å². The summed E-state index contributed by atoms with van der Waals surface area (Å²) in [5.74, 6) is -0.196. The maximum absolute atomic E-state index is 13.7. The zero-order chi connectivity index (χ0) is 15.0. The summed E-state index contributed by atoms with van der Waals surface area (Å²) in [6, 6.07) is 6.81. The first-order valence-electron chi connectivity index (χ1n) is 7.37. The highest BCUT2D eigenvalue weighted by Crippen LogP contribution is 2.38. The SMILES string of the molecule is CN1C(=O)CCC(NC2CC(c3ccccc3F)C2)C1=O. The number of carbonyl (C=O) groups excluding carboxylic acids is 2. The van der Waals surface area contributed by atoms with E-state index in [2.05, 4.69) is 5.32 Å². The van der Waals surface area contributed by atoms with Crippen LogP contribution in [0.5, 0.6) is 0 Å². The average Bonchev–Trinajstić information content (AvgIpc) is 2.43. The normalized spacial score (nSPS) is 29.4. The number of nitrogens with one attached hydrogen (secondary N) is 1. The third-order valence-electron chi connectivity index (χ3n) is 4.57. The number of imide groups is 1. The molecular formula is C16H19FN2O2. The first kappa shape index (κ1) is 14.2. The molecule has 1 N–H and O–H groups in total. The minimum absolute atomic E-state index is 0.115. The first-order chi connectivity index (χ1) is 10.1. The molecule has 0 spiro atoms. The molecule has 1 aromatic rings. The maximum atomic E-state index is 13.7. The lowest BCUT2D eigenvalue weighted by Gasteiger charge is -2.40. The largest absolute Gasteiger partial charge is 0.303 e. The van der Waals surface area contributed by atoms with E-state index in [9.17, 15) is 14.0 Å². The van der Waals surface area contributed by atoms with Crippen molar-refractivity contribution in [3.63, 3.8) is 0 Å². The lowest BCUT2D eigenvalue weighted by Crippen LogP contribution is -2.56. The van der Waals surface area contributed by atoms with Crippen LogP contribution in [0.1, 0.15) is 37.2 Å². The summed E-state index contributed by atoms with van der Waals surface area (Å²) in [5, 5.41) is 3.31. The van der Waals surface area contributed by atoms with Gasteiger partial charge in [-0.25, -0.2) is 4.39 Å². The molecule has 1 saturated heterocycles. The molecule has 21 heavy (non-hydrogen) atoms. The van der Waals surface area contributed by atoms with Crippen LogP contribution in [0.25, 0.3) is 0 Å². The molecule has 2 fully saturated rings. The molecule has 0 aromatic heterocycles. The van der Waals surface area contributed by atoms with Crippen LogP contribution in [0.15, 0.2) is 24.3 Å². The number of halogens is 1. The Morgan fingerprint density at radius 2 is 1.95 bits per heavy atom. The molecule has 1 heterocycles. The standard InChI is InChI=1S/C16H19FN2O2/c1-19-15(20)7-6-14(16(19)21)18-11-8-10(9-11)12-4-2-3-5-13(12)17/h2-5,10-11,14,18H,6-9H2,1H3. The van der Waals surface area contributed by atoms with Crippen LogP contribution in [0, 0.1) is 5.82 Å². The van der Waals surface area contributed by atoms with Crippen LogP contribution in [0.2, 0.25) is 0 Å². The number of amides is 2. The molecule has 112 valence electrons. The molecule has 1 aliphatic heterocycles. The Bertz CT molecular complexity index is 569. The Kier molecular flexibility index (Phi) is 3.76. The molecule has 1 unspecified atom stereocenters. The topological polar surface area (TPSA) is 49.4 Å². The third kappa shape index (κ3) is 2.70. The van der Waals surface area contributed by atoms with Gasteiger partial charge in [-0.15, -0.1) is 0 Å². The third-order valence-corrected chi connectivity index (χ3v) is 4.57. The van der Waals surface area contributed by atoms with Crippen molar-refractivity contribution in [2.24, 2.45) is 0 Å². The number of benzene rings is 1. The van der Waals surface area contributed by atoms with E-state index in [4.69, 9.17) is 0 Å². The van der Waals surface area contributed by atoms with E-state index < -0.39 is 0 Å². The van der Waals surface area contributed by atoms with Crippen LogP contribution in [0.4, 0.5) is 4.39 Å². The molecule has 0 bridgehead atoms. The number of hydrogen-bond acceptors (Lipinski definition) is 3. The molecule has 3 rings (SSSR count). The highest BCUT2D eigenvalue weighted by molar-refractivity contribution is 6.00. The molecule has 4 nitrogen and oxygen atoms in total. The summed E-state index contributed by atoms with van der Waals surface area (Å²) >= 11 is 0. The predicted molar refractivity (Wildman–Crippen MR) is 76.1 cm³/mol. The Balaban J connectivity index is 1.55. The highest BCUT2D eigenvalue weighted by atomic mass is 19.1. The van der Waals surface area contributed by atoms with E-state index in [1.54, 1.807) is 6.07 Å². The van der Waals surface area contributed by atoms with E-state index in [1.807, 2.05) is 12.1 Å². The van der Waals surface area contributed by atoms with Crippen LogP contribution in [-0.4, -0.2) is 35.8 Å². The van der Waals surface area contributed by atoms with E-state index in [0.29, 0.717) is 12.8 Å². The van der Waals surface area contributed by atoms with Gasteiger partial charge in [-0.2, -0.15) is 0 Å². The number of hydrogen-bond donors (Lipinski definition) is 1. The molecule has 0 radical (unpaired) electrons. The number of rotatable bonds is 3. The second-order valence-corrected chi connectivity index (χ2v) is 5.94. The smallest absolute Gasteiger partial charge is 0.246 e. The fraction of sp³-hybridized carbons (Fsp3) is 0.500. The Hall–Kier alpha value is -1.75. The van der Waals surface area contributed by atoms with Gasteiger partial charge < -0.3 is 5.32 Å². The molecule has 1 saturated carbocycles. The summed E-state index contributed by atoms with van der Waals surface area (Å²) in [4.78, 5) is 24.6. The summed E-state index contributed by atoms with van der Waals surface area (Å²) in [5.41, 5.74) is 0.762. The van der Waals surface area contributed by atoms with Crippen molar-refractivity contribution < 1.29 is 14.0 Å². The van der Waals surface area contributed by atoms with Gasteiger partial charge in [0.1, 0.15) is 5.82 Å². The van der Waals surface area contributed by atoms with E-state index >= 15 is 0 Å². The molecule has 2 amide bonds. The van der Waals surface area contributed by atoms with Crippen molar-refractivity contribution in [3.05, 3.63) is 35.6 Å². The monoisotopic (exact) mass is 290 g/mol. The summed E-state index contributed by atoms with van der Waals surface area (Å²) in [7, 11) is 1.53. The lowest BCUT2D eigenvalue weighted by molar-refractivity contribution is -0.148. The summed E-state index contributed by atoms with van der Waals surface area (Å²) in [6.45, 7) is 0. The zero-order valence-electron chi connectivity index (χ0n) is 12.0. The van der Waals surface area contributed by atoms with Gasteiger partial charge in [-0.05, 0) is 36.8 Å². The predicted octanol–water partition coefficient (Wildman–Crippen LogP) is 1.81. The van der Waals surface area contributed by atoms with E-state index in [1.165, 1.54) is 18.0 Å². The molecule has 5 heteroatoms. The van der Waals surface area contributed by atoms with Crippen LogP contribution in [0.3, 0.4) is 0 Å². The van der Waals surface area contributed by atoms with Gasteiger partial charge in [-0.1, -0.05) is 18.2 Å². The first-order valence-corrected chi connectivity index (χ1v) is 7.37. The average molecular weight is 290 g/mol. The quantitative estimate of drug-likeness (QED) is 0.864. The second-order valence-electron chi connectivity index (χ2n) is 5.94. The van der Waals surface area contributed by atoms with Crippen molar-refractivity contribution in [2.75, 3.05) is 7.05 Å². The summed E-state index contributed by atoms with van der Waals surface area (Å²) < 4.78 is 13.7. The zero-order valence-corrected chi connectivity index (χ0v) is 12.0. The Labute approximate surface area is 123 Å². The van der Waals surface area contributed by atoms with E-state index in [-0.39, 0.29) is 35.6 Å². The molecular weight excluding hydrogens is 271 g/mol. The molecule has 1 aliphatic carbocycles. The highest BCUT2D eigenvalue weighted by Gasteiger charge is 2.37. The van der Waals surface area contributed by atoms with Gasteiger partial charge in [-0.3, -0.25) is 14.5 Å². The van der Waals surface area contributed by atoms with Crippen LogP contribution < -0.4 is 5.32 Å². The minimum Gasteiger partial charge on any atom is -0.303 e. The van der Waals surface area contributed by atoms with Gasteiger partial charge in [0.25, 0.3) is 0 Å². The van der Waals surface area contributed by atoms with Gasteiger partial charge in [0.15, 0.2) is 0 Å². The number of likely N-dealkylation sites (N-methyl/N-ethyl adjacent to an activating group) is 1. The number of nitrogens with zero attached hydrogens (tertiary/aromatic N) is 1. The molecule has 2 aliphatic rings. The van der Waals surface area contributed by atoms with Crippen LogP contribution >= 0.6 is 0 Å². The lowest BCUT2D eigenvalue weighted by atomic mass is 9.75. The van der Waals surface area contributed by atoms with Gasteiger partial charge in [0.2, 0.25) is 11.8 Å². The fourth-order valence-corrected chi connectivity index (χ4v) is 3.17. The van der Waals surface area contributed by atoms with Crippen molar-refractivity contribution in [2.45, 2.75) is 43.7 Å². The number of piperidine rings is 1. The van der Waals surface area contributed by atoms with Crippen molar-refractivity contribution in [1.82, 2.24) is 10.2 Å². The molecule has 1 atom stereocenters. The summed E-state index contributed by atoms with van der Waals surface area (Å²) in [6.07, 6.45) is 2.64. The Morgan fingerprint density at radius 1 is 1.24 bits per heavy atom. The van der Waals surface area contributed by atoms with E-state index in [0.717, 1.165) is 18.4 Å². The van der Waals surface area contributed by atoms with Gasteiger partial charge >= 0.3 is 0 Å². The van der Waals surface area contributed by atoms with Crippen molar-refractivity contribution in [1.29, 1.82) is 0 Å². The van der Waals surface area contributed by atoms with Crippen molar-refractivity contribution >= 4 is 11.8 Å². The number of carbonyl (C=O) groups is 2. The molecule has 1 aromatic carbocycles.